The lowest BCUT2D eigenvalue weighted by Gasteiger charge is -2.29. The zero-order valence-electron chi connectivity index (χ0n) is 14.9. The van der Waals surface area contributed by atoms with Crippen LogP contribution >= 0.6 is 11.6 Å². The molecule has 3 rings (SSSR count). The van der Waals surface area contributed by atoms with Crippen molar-refractivity contribution >= 4 is 23.2 Å². The molecule has 1 aromatic heterocycles. The highest BCUT2D eigenvalue weighted by Crippen LogP contribution is 2.25. The molecule has 0 spiro atoms. The van der Waals surface area contributed by atoms with Gasteiger partial charge in [-0.05, 0) is 51.3 Å². The fourth-order valence-electron chi connectivity index (χ4n) is 3.19. The van der Waals surface area contributed by atoms with Crippen molar-refractivity contribution in [2.24, 2.45) is 0 Å². The molecule has 1 N–H and O–H groups in total. The number of amides is 1. The summed E-state index contributed by atoms with van der Waals surface area (Å²) in [5, 5.41) is 3.46. The van der Waals surface area contributed by atoms with E-state index >= 15 is 0 Å². The van der Waals surface area contributed by atoms with Crippen molar-refractivity contribution in [2.75, 3.05) is 24.5 Å². The van der Waals surface area contributed by atoms with E-state index in [1.165, 1.54) is 19.3 Å². The van der Waals surface area contributed by atoms with Crippen molar-refractivity contribution in [3.05, 3.63) is 46.5 Å². The number of halogens is 1. The van der Waals surface area contributed by atoms with Gasteiger partial charge in [0.2, 0.25) is 0 Å². The Morgan fingerprint density at radius 2 is 2.00 bits per heavy atom. The Labute approximate surface area is 154 Å². The second-order valence-electron chi connectivity index (χ2n) is 6.58. The van der Waals surface area contributed by atoms with E-state index in [4.69, 9.17) is 11.6 Å². The molecule has 134 valence electrons. The third-order valence-corrected chi connectivity index (χ3v) is 5.23. The molecular formula is C19H25ClN4O. The van der Waals surface area contributed by atoms with Crippen LogP contribution in [0.5, 0.6) is 0 Å². The zero-order chi connectivity index (χ0) is 17.8. The van der Waals surface area contributed by atoms with Crippen molar-refractivity contribution in [1.29, 1.82) is 0 Å². The second kappa shape index (κ2) is 7.91. The number of rotatable bonds is 5. The van der Waals surface area contributed by atoms with Crippen LogP contribution in [-0.4, -0.2) is 35.1 Å². The van der Waals surface area contributed by atoms with Crippen molar-refractivity contribution in [3.8, 4) is 0 Å². The van der Waals surface area contributed by atoms with Crippen LogP contribution in [0.4, 0.5) is 5.69 Å². The van der Waals surface area contributed by atoms with Gasteiger partial charge in [-0.3, -0.25) is 4.79 Å². The Bertz CT molecular complexity index is 750. The summed E-state index contributed by atoms with van der Waals surface area (Å²) in [7, 11) is 0. The van der Waals surface area contributed by atoms with Crippen molar-refractivity contribution < 1.29 is 4.79 Å². The Balaban J connectivity index is 1.63. The van der Waals surface area contributed by atoms with Gasteiger partial charge in [0.1, 0.15) is 0 Å². The first-order chi connectivity index (χ1) is 12.1. The zero-order valence-corrected chi connectivity index (χ0v) is 15.6. The smallest absolute Gasteiger partial charge is 0.252 e. The molecule has 1 fully saturated rings. The number of aromatic nitrogens is 2. The fraction of sp³-hybridized carbons (Fsp3) is 0.474. The maximum atomic E-state index is 12.5. The second-order valence-corrected chi connectivity index (χ2v) is 6.98. The SMILES string of the molecule is Cc1ncn(CCNC(=O)c2cc(N3CCCCC3)ccc2Cl)c1C. The summed E-state index contributed by atoms with van der Waals surface area (Å²) in [6.07, 6.45) is 5.49. The van der Waals surface area contributed by atoms with E-state index in [0.29, 0.717) is 23.7 Å². The van der Waals surface area contributed by atoms with Crippen LogP contribution < -0.4 is 10.2 Å². The molecular weight excluding hydrogens is 336 g/mol. The van der Waals surface area contributed by atoms with Gasteiger partial charge in [-0.2, -0.15) is 0 Å². The van der Waals surface area contributed by atoms with E-state index in [0.717, 1.165) is 30.2 Å². The van der Waals surface area contributed by atoms with Gasteiger partial charge in [-0.1, -0.05) is 11.6 Å². The molecule has 2 heterocycles. The topological polar surface area (TPSA) is 50.2 Å². The van der Waals surface area contributed by atoms with Crippen molar-refractivity contribution in [2.45, 2.75) is 39.7 Å². The lowest BCUT2D eigenvalue weighted by Crippen LogP contribution is -2.30. The average molecular weight is 361 g/mol. The first-order valence-corrected chi connectivity index (χ1v) is 9.25. The molecule has 5 nitrogen and oxygen atoms in total. The average Bonchev–Trinajstić information content (AvgIpc) is 2.95. The Kier molecular flexibility index (Phi) is 5.63. The van der Waals surface area contributed by atoms with Gasteiger partial charge in [0.05, 0.1) is 22.6 Å². The van der Waals surface area contributed by atoms with Crippen LogP contribution in [0.2, 0.25) is 5.02 Å². The molecule has 1 aliphatic rings. The van der Waals surface area contributed by atoms with Gasteiger partial charge in [0, 0.05) is 37.6 Å². The van der Waals surface area contributed by atoms with E-state index in [-0.39, 0.29) is 5.91 Å². The van der Waals surface area contributed by atoms with Crippen LogP contribution in [0.25, 0.3) is 0 Å². The van der Waals surface area contributed by atoms with Crippen LogP contribution in [0.1, 0.15) is 41.0 Å². The van der Waals surface area contributed by atoms with Crippen LogP contribution in [0, 0.1) is 13.8 Å². The lowest BCUT2D eigenvalue weighted by atomic mass is 10.1. The summed E-state index contributed by atoms with van der Waals surface area (Å²) in [5.41, 5.74) is 3.77. The summed E-state index contributed by atoms with van der Waals surface area (Å²) in [6, 6.07) is 5.74. The minimum absolute atomic E-state index is 0.127. The summed E-state index contributed by atoms with van der Waals surface area (Å²) in [4.78, 5) is 19.1. The number of piperidine rings is 1. The highest BCUT2D eigenvalue weighted by atomic mass is 35.5. The summed E-state index contributed by atoms with van der Waals surface area (Å²) in [5.74, 6) is -0.127. The van der Waals surface area contributed by atoms with E-state index in [1.54, 1.807) is 6.33 Å². The Hall–Kier alpha value is -2.01. The summed E-state index contributed by atoms with van der Waals surface area (Å²) in [6.45, 7) is 7.34. The van der Waals surface area contributed by atoms with Crippen molar-refractivity contribution in [3.63, 3.8) is 0 Å². The van der Waals surface area contributed by atoms with Gasteiger partial charge in [0.15, 0.2) is 0 Å². The highest BCUT2D eigenvalue weighted by molar-refractivity contribution is 6.34. The maximum Gasteiger partial charge on any atom is 0.252 e. The van der Waals surface area contributed by atoms with Gasteiger partial charge < -0.3 is 14.8 Å². The van der Waals surface area contributed by atoms with E-state index in [2.05, 4.69) is 15.2 Å². The quantitative estimate of drug-likeness (QED) is 0.886. The molecule has 1 saturated heterocycles. The number of nitrogens with one attached hydrogen (secondary N) is 1. The number of imidazole rings is 1. The van der Waals surface area contributed by atoms with Gasteiger partial charge >= 0.3 is 0 Å². The molecule has 0 saturated carbocycles. The van der Waals surface area contributed by atoms with Gasteiger partial charge in [-0.15, -0.1) is 0 Å². The monoisotopic (exact) mass is 360 g/mol. The summed E-state index contributed by atoms with van der Waals surface area (Å²) < 4.78 is 2.04. The third-order valence-electron chi connectivity index (χ3n) is 4.90. The highest BCUT2D eigenvalue weighted by Gasteiger charge is 2.16. The minimum atomic E-state index is -0.127. The number of anilines is 1. The van der Waals surface area contributed by atoms with E-state index in [9.17, 15) is 4.79 Å². The molecule has 0 radical (unpaired) electrons. The normalized spacial score (nSPS) is 14.6. The molecule has 0 atom stereocenters. The molecule has 1 aliphatic heterocycles. The Morgan fingerprint density at radius 3 is 2.68 bits per heavy atom. The van der Waals surface area contributed by atoms with Crippen LogP contribution in [-0.2, 0) is 6.54 Å². The predicted molar refractivity (Wildman–Crippen MR) is 102 cm³/mol. The number of hydrogen-bond acceptors (Lipinski definition) is 3. The molecule has 0 bridgehead atoms. The number of aryl methyl sites for hydroxylation is 1. The fourth-order valence-corrected chi connectivity index (χ4v) is 3.39. The number of hydrogen-bond donors (Lipinski definition) is 1. The molecule has 1 aromatic carbocycles. The van der Waals surface area contributed by atoms with E-state index in [1.807, 2.05) is 36.6 Å². The third kappa shape index (κ3) is 4.15. The lowest BCUT2D eigenvalue weighted by molar-refractivity contribution is 0.0952. The Morgan fingerprint density at radius 1 is 1.24 bits per heavy atom. The first kappa shape index (κ1) is 17.8. The molecule has 0 aliphatic carbocycles. The number of carbonyl (C=O) groups is 1. The minimum Gasteiger partial charge on any atom is -0.372 e. The molecule has 25 heavy (non-hydrogen) atoms. The van der Waals surface area contributed by atoms with Crippen molar-refractivity contribution in [1.82, 2.24) is 14.9 Å². The first-order valence-electron chi connectivity index (χ1n) is 8.87. The van der Waals surface area contributed by atoms with Gasteiger partial charge in [-0.25, -0.2) is 4.98 Å². The molecule has 0 unspecified atom stereocenters. The number of nitrogens with zero attached hydrogens (tertiary/aromatic N) is 3. The van der Waals surface area contributed by atoms with E-state index < -0.39 is 0 Å². The molecule has 2 aromatic rings. The van der Waals surface area contributed by atoms with Gasteiger partial charge in [0.25, 0.3) is 5.91 Å². The summed E-state index contributed by atoms with van der Waals surface area (Å²) >= 11 is 6.26. The number of carbonyl (C=O) groups excluding carboxylic acids is 1. The van der Waals surface area contributed by atoms with Crippen LogP contribution in [0.15, 0.2) is 24.5 Å². The molecule has 1 amide bonds. The predicted octanol–water partition coefficient (Wildman–Crippen LogP) is 3.57. The number of benzene rings is 1. The maximum absolute atomic E-state index is 12.5. The molecule has 6 heteroatoms. The largest absolute Gasteiger partial charge is 0.372 e. The van der Waals surface area contributed by atoms with Crippen LogP contribution in [0.3, 0.4) is 0 Å². The standard InChI is InChI=1S/C19H25ClN4O/c1-14-15(2)24(13-22-14)11-8-21-19(25)17-12-16(6-7-18(17)20)23-9-4-3-5-10-23/h6-7,12-13H,3-5,8-11H2,1-2H3,(H,21,25).